The highest BCUT2D eigenvalue weighted by molar-refractivity contribution is 5.61. The number of hydrogen-bond donors (Lipinski definition) is 0. The van der Waals surface area contributed by atoms with Crippen LogP contribution in [0.15, 0.2) is 121 Å². The summed E-state index contributed by atoms with van der Waals surface area (Å²) in [6, 6.07) is 35.9. The number of hydrogen-bond acceptors (Lipinski definition) is 19. The van der Waals surface area contributed by atoms with Crippen LogP contribution in [0, 0.1) is 10.8 Å². The Balaban J connectivity index is 1.45. The molecular formula is C53H66O19. The number of benzene rings is 4. The third-order valence-corrected chi connectivity index (χ3v) is 11.6. The van der Waals surface area contributed by atoms with Gasteiger partial charge in [-0.05, 0) is 90.5 Å². The molecule has 392 valence electrons. The van der Waals surface area contributed by atoms with Crippen LogP contribution in [-0.2, 0) is 89.9 Å². The summed E-state index contributed by atoms with van der Waals surface area (Å²) in [6.45, 7) is 13.5. The molecule has 0 aliphatic carbocycles. The zero-order valence-electron chi connectivity index (χ0n) is 42.5. The van der Waals surface area contributed by atoms with Crippen LogP contribution < -0.4 is 0 Å². The van der Waals surface area contributed by atoms with Gasteiger partial charge < -0.3 is 28.4 Å². The second-order valence-electron chi connectivity index (χ2n) is 18.9. The van der Waals surface area contributed by atoms with E-state index in [1.165, 1.54) is 0 Å². The predicted molar refractivity (Wildman–Crippen MR) is 255 cm³/mol. The van der Waals surface area contributed by atoms with Crippen LogP contribution >= 0.6 is 0 Å². The van der Waals surface area contributed by atoms with E-state index in [-0.39, 0.29) is 12.8 Å². The molecule has 0 saturated heterocycles. The Morgan fingerprint density at radius 3 is 0.667 bits per heavy atom. The summed E-state index contributed by atoms with van der Waals surface area (Å²) in [5.41, 5.74) is -4.34. The number of carbonyl (C=O) groups is 5. The van der Waals surface area contributed by atoms with E-state index >= 15 is 0 Å². The largest absolute Gasteiger partial charge is 0.540 e. The van der Waals surface area contributed by atoms with Gasteiger partial charge in [-0.2, -0.15) is 19.6 Å². The predicted octanol–water partition coefficient (Wildman–Crippen LogP) is 12.0. The van der Waals surface area contributed by atoms with Gasteiger partial charge in [0.1, 0.15) is 62.0 Å². The second kappa shape index (κ2) is 26.5. The molecule has 0 fully saturated rings. The summed E-state index contributed by atoms with van der Waals surface area (Å²) < 4.78 is 32.7. The van der Waals surface area contributed by atoms with Crippen LogP contribution in [0.25, 0.3) is 0 Å². The maximum absolute atomic E-state index is 13.5. The second-order valence-corrected chi connectivity index (χ2v) is 18.9. The SMILES string of the molecule is CCC(COC(=O)OCC(CC)(COC(=O)OOC(C)(C)c1ccccc1)COC(=O)OOC(C)(C)c1ccccc1)(COC(=O)OOC(C)(C)c1ccccc1)COC(=O)OOC(C)(C)c1ccccc1. The summed E-state index contributed by atoms with van der Waals surface area (Å²) in [7, 11) is 0. The number of ether oxygens (including phenoxy) is 6. The molecule has 0 atom stereocenters. The van der Waals surface area contributed by atoms with Gasteiger partial charge in [-0.3, -0.25) is 19.6 Å². The van der Waals surface area contributed by atoms with Crippen molar-refractivity contribution in [2.75, 3.05) is 39.6 Å². The van der Waals surface area contributed by atoms with Gasteiger partial charge in [-0.15, -0.1) is 0 Å². The summed E-state index contributed by atoms with van der Waals surface area (Å²) in [4.78, 5) is 107. The van der Waals surface area contributed by atoms with Crippen LogP contribution in [0.5, 0.6) is 0 Å². The van der Waals surface area contributed by atoms with Crippen molar-refractivity contribution >= 4 is 30.8 Å². The molecule has 19 nitrogen and oxygen atoms in total. The van der Waals surface area contributed by atoms with Gasteiger partial charge in [0, 0.05) is 0 Å². The summed E-state index contributed by atoms with van der Waals surface area (Å²) in [6.07, 6.45) is -6.10. The lowest BCUT2D eigenvalue weighted by atomic mass is 9.88. The zero-order chi connectivity index (χ0) is 52.9. The summed E-state index contributed by atoms with van der Waals surface area (Å²) in [5, 5.41) is 0. The van der Waals surface area contributed by atoms with E-state index in [4.69, 9.17) is 67.5 Å². The standard InChI is InChI=1S/C53H66O19/c1-11-52(35-61-44(55)65-69-48(3,4)39-25-17-13-18-26-39,36-62-45(56)66-70-49(5,6)40-27-19-14-20-28-40)33-59-43(54)60-34-53(12-2,37-63-46(57)67-71-50(7,8)41-29-21-15-22-30-41)38-64-47(58)68-72-51(9,10)42-31-23-16-24-32-42/h13-32H,11-12,33-38H2,1-10H3. The number of carbonyl (C=O) groups excluding carboxylic acids is 5. The Morgan fingerprint density at radius 1 is 0.306 bits per heavy atom. The van der Waals surface area contributed by atoms with E-state index in [0.717, 1.165) is 0 Å². The van der Waals surface area contributed by atoms with E-state index < -0.39 is 104 Å². The Kier molecular flexibility index (Phi) is 21.2. The van der Waals surface area contributed by atoms with Crippen molar-refractivity contribution < 1.29 is 91.5 Å². The molecule has 0 aliphatic heterocycles. The zero-order valence-corrected chi connectivity index (χ0v) is 42.5. The van der Waals surface area contributed by atoms with Crippen molar-refractivity contribution in [3.63, 3.8) is 0 Å². The first kappa shape index (κ1) is 57.6. The molecule has 0 aromatic heterocycles. The molecule has 4 aromatic rings. The fraction of sp³-hybridized carbons (Fsp3) is 0.453. The Morgan fingerprint density at radius 2 is 0.486 bits per heavy atom. The average Bonchev–Trinajstić information content (AvgIpc) is 3.39. The van der Waals surface area contributed by atoms with Gasteiger partial charge in [0.2, 0.25) is 0 Å². The molecule has 0 amide bonds. The molecule has 0 spiro atoms. The molecule has 0 saturated carbocycles. The molecule has 19 heteroatoms. The maximum atomic E-state index is 13.5. The molecule has 72 heavy (non-hydrogen) atoms. The average molecular weight is 1010 g/mol. The van der Waals surface area contributed by atoms with Crippen molar-refractivity contribution in [2.24, 2.45) is 10.8 Å². The van der Waals surface area contributed by atoms with Crippen molar-refractivity contribution in [3.05, 3.63) is 144 Å². The van der Waals surface area contributed by atoms with Crippen molar-refractivity contribution in [2.45, 2.75) is 104 Å². The van der Waals surface area contributed by atoms with Gasteiger partial charge in [0.15, 0.2) is 0 Å². The number of rotatable bonds is 26. The monoisotopic (exact) mass is 1010 g/mol. The summed E-state index contributed by atoms with van der Waals surface area (Å²) >= 11 is 0. The van der Waals surface area contributed by atoms with Crippen LogP contribution in [0.2, 0.25) is 0 Å². The fourth-order valence-electron chi connectivity index (χ4n) is 6.38. The van der Waals surface area contributed by atoms with Gasteiger partial charge in [-0.25, -0.2) is 24.0 Å². The highest BCUT2D eigenvalue weighted by atomic mass is 17.3. The van der Waals surface area contributed by atoms with Gasteiger partial charge in [0.25, 0.3) is 0 Å². The molecule has 4 rings (SSSR count). The molecule has 0 bridgehead atoms. The molecule has 0 N–H and O–H groups in total. The summed E-state index contributed by atoms with van der Waals surface area (Å²) in [5.74, 6) is 0. The maximum Gasteiger partial charge on any atom is 0.540 e. The molecule has 4 aromatic carbocycles. The Labute approximate surface area is 419 Å². The van der Waals surface area contributed by atoms with E-state index in [9.17, 15) is 24.0 Å². The van der Waals surface area contributed by atoms with E-state index in [1.54, 1.807) is 166 Å². The van der Waals surface area contributed by atoms with Crippen molar-refractivity contribution in [3.8, 4) is 0 Å². The smallest absolute Gasteiger partial charge is 0.433 e. The van der Waals surface area contributed by atoms with Crippen molar-refractivity contribution in [1.82, 2.24) is 0 Å². The lowest BCUT2D eigenvalue weighted by Crippen LogP contribution is -2.41. The third kappa shape index (κ3) is 18.4. The Hall–Kier alpha value is -6.93. The molecule has 0 radical (unpaired) electrons. The van der Waals surface area contributed by atoms with Gasteiger partial charge in [-0.1, -0.05) is 135 Å². The molecule has 0 heterocycles. The Bertz CT molecular complexity index is 2000. The first-order valence-electron chi connectivity index (χ1n) is 23.2. The quantitative estimate of drug-likeness (QED) is 0.0247. The van der Waals surface area contributed by atoms with Gasteiger partial charge >= 0.3 is 30.8 Å². The molecular weight excluding hydrogens is 941 g/mol. The van der Waals surface area contributed by atoms with Gasteiger partial charge in [0.05, 0.1) is 10.8 Å². The first-order chi connectivity index (χ1) is 34.0. The van der Waals surface area contributed by atoms with Crippen LogP contribution in [0.1, 0.15) is 104 Å². The minimum atomic E-state index is -1.44. The topological polar surface area (TPSA) is 215 Å². The normalized spacial score (nSPS) is 12.1. The first-order valence-corrected chi connectivity index (χ1v) is 23.2. The highest BCUT2D eigenvalue weighted by Crippen LogP contribution is 2.31. The van der Waals surface area contributed by atoms with E-state index in [0.29, 0.717) is 22.3 Å². The highest BCUT2D eigenvalue weighted by Gasteiger charge is 2.39. The van der Waals surface area contributed by atoms with Crippen LogP contribution in [-0.4, -0.2) is 70.4 Å². The fourth-order valence-corrected chi connectivity index (χ4v) is 6.38. The van der Waals surface area contributed by atoms with Crippen LogP contribution in [0.3, 0.4) is 0 Å². The minimum absolute atomic E-state index is 0.0741. The third-order valence-electron chi connectivity index (χ3n) is 11.6. The lowest BCUT2D eigenvalue weighted by Gasteiger charge is -2.32. The minimum Gasteiger partial charge on any atom is -0.433 e. The lowest BCUT2D eigenvalue weighted by molar-refractivity contribution is -0.325. The van der Waals surface area contributed by atoms with Crippen molar-refractivity contribution in [1.29, 1.82) is 0 Å². The molecule has 0 aliphatic rings. The van der Waals surface area contributed by atoms with E-state index in [2.05, 4.69) is 0 Å². The van der Waals surface area contributed by atoms with Crippen LogP contribution in [0.4, 0.5) is 24.0 Å². The molecule has 0 unspecified atom stereocenters. The van der Waals surface area contributed by atoms with E-state index in [1.807, 2.05) is 24.3 Å².